The molecule has 0 aromatic rings. The van der Waals surface area contributed by atoms with E-state index in [1.54, 1.807) is 0 Å². The Morgan fingerprint density at radius 3 is 2.73 bits per heavy atom. The first-order valence-electron chi connectivity index (χ1n) is 4.47. The zero-order chi connectivity index (χ0) is 7.64. The first-order chi connectivity index (χ1) is 5.24. The molecule has 3 saturated carbocycles. The molecule has 3 aliphatic rings. The van der Waals surface area contributed by atoms with Crippen molar-refractivity contribution in [2.45, 2.75) is 25.7 Å². The highest BCUT2D eigenvalue weighted by Crippen LogP contribution is 2.77. The average molecular weight is 152 g/mol. The van der Waals surface area contributed by atoms with Gasteiger partial charge in [0.2, 0.25) is 0 Å². The average Bonchev–Trinajstić information content (AvgIpc) is 2.56. The van der Waals surface area contributed by atoms with Gasteiger partial charge < -0.3 is 5.11 Å². The monoisotopic (exact) mass is 152 g/mol. The molecule has 11 heavy (non-hydrogen) atoms. The lowest BCUT2D eigenvalue weighted by Crippen LogP contribution is -2.33. The van der Waals surface area contributed by atoms with Crippen LogP contribution in [0.2, 0.25) is 0 Å². The first kappa shape index (κ1) is 6.04. The number of carboxylic acid groups (broad SMARTS) is 1. The van der Waals surface area contributed by atoms with Crippen molar-refractivity contribution >= 4 is 5.97 Å². The molecule has 1 N–H and O–H groups in total. The quantitative estimate of drug-likeness (QED) is 0.618. The fourth-order valence-electron chi connectivity index (χ4n) is 3.51. The normalized spacial score (nSPS) is 57.6. The minimum absolute atomic E-state index is 0.0301. The van der Waals surface area contributed by atoms with Gasteiger partial charge >= 0.3 is 5.97 Å². The largest absolute Gasteiger partial charge is 0.481 e. The van der Waals surface area contributed by atoms with Crippen LogP contribution in [0.1, 0.15) is 25.7 Å². The van der Waals surface area contributed by atoms with Gasteiger partial charge in [-0.25, -0.2) is 0 Å². The molecular formula is C9H12O2. The van der Waals surface area contributed by atoms with Crippen molar-refractivity contribution in [3.8, 4) is 0 Å². The summed E-state index contributed by atoms with van der Waals surface area (Å²) in [4.78, 5) is 10.8. The molecular weight excluding hydrogens is 140 g/mol. The summed E-state index contributed by atoms with van der Waals surface area (Å²) >= 11 is 0. The lowest BCUT2D eigenvalue weighted by molar-refractivity contribution is -0.145. The van der Waals surface area contributed by atoms with E-state index in [0.717, 1.165) is 12.3 Å². The van der Waals surface area contributed by atoms with Gasteiger partial charge in [0.15, 0.2) is 0 Å². The molecule has 4 atom stereocenters. The van der Waals surface area contributed by atoms with E-state index >= 15 is 0 Å². The van der Waals surface area contributed by atoms with Crippen molar-refractivity contribution < 1.29 is 9.90 Å². The van der Waals surface area contributed by atoms with Gasteiger partial charge in [-0.3, -0.25) is 4.79 Å². The van der Waals surface area contributed by atoms with Crippen LogP contribution in [-0.2, 0) is 4.79 Å². The lowest BCUT2D eigenvalue weighted by atomic mass is 9.67. The van der Waals surface area contributed by atoms with Crippen LogP contribution in [0.4, 0.5) is 0 Å². The maximum Gasteiger partial charge on any atom is 0.306 e. The molecule has 0 aromatic carbocycles. The molecule has 0 radical (unpaired) electrons. The second-order valence-corrected chi connectivity index (χ2v) is 4.46. The van der Waals surface area contributed by atoms with E-state index < -0.39 is 5.97 Å². The number of hydrogen-bond acceptors (Lipinski definition) is 1. The number of aliphatic carboxylic acids is 1. The smallest absolute Gasteiger partial charge is 0.306 e. The number of rotatable bonds is 1. The third-order valence-electron chi connectivity index (χ3n) is 4.28. The predicted octanol–water partition coefficient (Wildman–Crippen LogP) is 1.51. The summed E-state index contributed by atoms with van der Waals surface area (Å²) in [6.45, 7) is 0. The molecule has 3 aliphatic carbocycles. The Labute approximate surface area is 65.6 Å². The highest BCUT2D eigenvalue weighted by atomic mass is 16.4. The Kier molecular flexibility index (Phi) is 0.809. The second kappa shape index (κ2) is 1.47. The summed E-state index contributed by atoms with van der Waals surface area (Å²) in [6.07, 6.45) is 4.85. The van der Waals surface area contributed by atoms with E-state index in [4.69, 9.17) is 5.11 Å². The molecule has 1 spiro atoms. The van der Waals surface area contributed by atoms with Gasteiger partial charge in [-0.2, -0.15) is 0 Å². The van der Waals surface area contributed by atoms with Crippen LogP contribution >= 0.6 is 0 Å². The Balaban J connectivity index is 1.88. The number of carboxylic acids is 1. The van der Waals surface area contributed by atoms with Gasteiger partial charge in [-0.15, -0.1) is 0 Å². The first-order valence-corrected chi connectivity index (χ1v) is 4.47. The van der Waals surface area contributed by atoms with Gasteiger partial charge in [0, 0.05) is 0 Å². The van der Waals surface area contributed by atoms with Gasteiger partial charge in [0.05, 0.1) is 5.92 Å². The third kappa shape index (κ3) is 0.501. The fraction of sp³-hybridized carbons (Fsp3) is 0.889. The summed E-state index contributed by atoms with van der Waals surface area (Å²) in [7, 11) is 0. The van der Waals surface area contributed by atoms with Crippen molar-refractivity contribution in [1.82, 2.24) is 0 Å². The fourth-order valence-corrected chi connectivity index (χ4v) is 3.51. The van der Waals surface area contributed by atoms with Crippen LogP contribution in [0.25, 0.3) is 0 Å². The zero-order valence-electron chi connectivity index (χ0n) is 6.42. The Bertz CT molecular complexity index is 232. The van der Waals surface area contributed by atoms with Crippen LogP contribution < -0.4 is 0 Å². The summed E-state index contributed by atoms with van der Waals surface area (Å²) in [5, 5.41) is 8.87. The molecule has 0 heterocycles. The molecule has 0 saturated heterocycles. The predicted molar refractivity (Wildman–Crippen MR) is 39.0 cm³/mol. The van der Waals surface area contributed by atoms with Crippen molar-refractivity contribution in [3.05, 3.63) is 0 Å². The van der Waals surface area contributed by atoms with Crippen molar-refractivity contribution in [1.29, 1.82) is 0 Å². The van der Waals surface area contributed by atoms with E-state index in [2.05, 4.69) is 0 Å². The molecule has 2 heteroatoms. The number of hydrogen-bond donors (Lipinski definition) is 1. The van der Waals surface area contributed by atoms with Crippen LogP contribution in [0.5, 0.6) is 0 Å². The van der Waals surface area contributed by atoms with Gasteiger partial charge in [-0.1, -0.05) is 0 Å². The van der Waals surface area contributed by atoms with E-state index in [9.17, 15) is 4.79 Å². The van der Waals surface area contributed by atoms with Gasteiger partial charge in [0.25, 0.3) is 0 Å². The maximum absolute atomic E-state index is 10.8. The standard InChI is InChI=1S/C9H12O2/c10-8(11)6-3-5-4-9(5)2-1-7(6)9/h5-7H,1-4H2,(H,10,11). The van der Waals surface area contributed by atoms with Crippen molar-refractivity contribution in [3.63, 3.8) is 0 Å². The summed E-state index contributed by atoms with van der Waals surface area (Å²) in [5.74, 6) is 0.871. The van der Waals surface area contributed by atoms with Gasteiger partial charge in [0.1, 0.15) is 0 Å². The van der Waals surface area contributed by atoms with Crippen LogP contribution in [-0.4, -0.2) is 11.1 Å². The zero-order valence-corrected chi connectivity index (χ0v) is 6.42. The van der Waals surface area contributed by atoms with Crippen molar-refractivity contribution in [2.24, 2.45) is 23.2 Å². The molecule has 3 rings (SSSR count). The van der Waals surface area contributed by atoms with Crippen LogP contribution in [0.3, 0.4) is 0 Å². The van der Waals surface area contributed by atoms with E-state index in [1.807, 2.05) is 0 Å². The topological polar surface area (TPSA) is 37.3 Å². The molecule has 0 aromatic heterocycles. The second-order valence-electron chi connectivity index (χ2n) is 4.46. The summed E-state index contributed by atoms with van der Waals surface area (Å²) in [5.41, 5.74) is 0.572. The lowest BCUT2D eigenvalue weighted by Gasteiger charge is -2.36. The molecule has 2 nitrogen and oxygen atoms in total. The van der Waals surface area contributed by atoms with Crippen molar-refractivity contribution in [2.75, 3.05) is 0 Å². The van der Waals surface area contributed by atoms with Crippen LogP contribution in [0, 0.1) is 23.2 Å². The van der Waals surface area contributed by atoms with Gasteiger partial charge in [-0.05, 0) is 42.9 Å². The minimum atomic E-state index is -0.540. The molecule has 0 amide bonds. The molecule has 3 fully saturated rings. The minimum Gasteiger partial charge on any atom is -0.481 e. The van der Waals surface area contributed by atoms with E-state index in [-0.39, 0.29) is 5.92 Å². The third-order valence-corrected chi connectivity index (χ3v) is 4.28. The molecule has 60 valence electrons. The summed E-state index contributed by atoms with van der Waals surface area (Å²) < 4.78 is 0. The SMILES string of the molecule is O=C(O)C1CC2CC23CCC13. The highest BCUT2D eigenvalue weighted by molar-refractivity contribution is 5.72. The Morgan fingerprint density at radius 1 is 1.55 bits per heavy atom. The molecule has 0 aliphatic heterocycles. The maximum atomic E-state index is 10.8. The highest BCUT2D eigenvalue weighted by Gasteiger charge is 2.71. The van der Waals surface area contributed by atoms with E-state index in [0.29, 0.717) is 11.3 Å². The van der Waals surface area contributed by atoms with E-state index in [1.165, 1.54) is 19.3 Å². The van der Waals surface area contributed by atoms with Crippen LogP contribution in [0.15, 0.2) is 0 Å². The number of carbonyl (C=O) groups is 1. The Hall–Kier alpha value is -0.530. The summed E-state index contributed by atoms with van der Waals surface area (Å²) in [6, 6.07) is 0. The Morgan fingerprint density at radius 2 is 2.36 bits per heavy atom. The molecule has 4 unspecified atom stereocenters. The molecule has 0 bridgehead atoms.